The summed E-state index contributed by atoms with van der Waals surface area (Å²) in [6, 6.07) is 10.7. The molecule has 1 unspecified atom stereocenters. The first kappa shape index (κ1) is 13.4. The zero-order valence-electron chi connectivity index (χ0n) is 9.63. The first-order valence-corrected chi connectivity index (χ1v) is 5.40. The predicted octanol–water partition coefficient (Wildman–Crippen LogP) is 3.47. The number of aliphatic hydroxyl groups is 1. The molecule has 0 aliphatic heterocycles. The fraction of sp³-hybridized carbons (Fsp3) is 0.154. The van der Waals surface area contributed by atoms with Crippen LogP contribution in [0.5, 0.6) is 11.6 Å². The highest BCUT2D eigenvalue weighted by molar-refractivity contribution is 5.29. The van der Waals surface area contributed by atoms with E-state index in [4.69, 9.17) is 9.84 Å². The topological polar surface area (TPSA) is 42.4 Å². The van der Waals surface area contributed by atoms with Crippen molar-refractivity contribution in [1.29, 1.82) is 0 Å². The van der Waals surface area contributed by atoms with Gasteiger partial charge in [-0.05, 0) is 23.8 Å². The Bertz CT molecular complexity index is 543. The maximum atomic E-state index is 12.4. The van der Waals surface area contributed by atoms with Gasteiger partial charge in [-0.15, -0.1) is 0 Å². The van der Waals surface area contributed by atoms with Gasteiger partial charge in [0.15, 0.2) is 6.10 Å². The SMILES string of the molecule is OC(c1ccnc(Oc2ccccc2)c1)C(F)(F)F. The molecular weight excluding hydrogens is 259 g/mol. The summed E-state index contributed by atoms with van der Waals surface area (Å²) in [4.78, 5) is 3.80. The van der Waals surface area contributed by atoms with Gasteiger partial charge < -0.3 is 9.84 Å². The van der Waals surface area contributed by atoms with E-state index in [1.807, 2.05) is 0 Å². The Morgan fingerprint density at radius 3 is 2.42 bits per heavy atom. The van der Waals surface area contributed by atoms with E-state index in [-0.39, 0.29) is 11.4 Å². The standard InChI is InChI=1S/C13H10F3NO2/c14-13(15,16)12(18)9-6-7-17-11(8-9)19-10-4-2-1-3-5-10/h1-8,12,18H. The van der Waals surface area contributed by atoms with Crippen molar-refractivity contribution >= 4 is 0 Å². The highest BCUT2D eigenvalue weighted by Crippen LogP contribution is 2.33. The third-order valence-corrected chi connectivity index (χ3v) is 2.35. The van der Waals surface area contributed by atoms with Crippen LogP contribution in [0.1, 0.15) is 11.7 Å². The summed E-state index contributed by atoms with van der Waals surface area (Å²) >= 11 is 0. The van der Waals surface area contributed by atoms with E-state index in [1.54, 1.807) is 30.3 Å². The molecule has 1 N–H and O–H groups in total. The Kier molecular flexibility index (Phi) is 3.71. The smallest absolute Gasteiger partial charge is 0.418 e. The monoisotopic (exact) mass is 269 g/mol. The lowest BCUT2D eigenvalue weighted by atomic mass is 10.1. The van der Waals surface area contributed by atoms with Crippen molar-refractivity contribution in [3.63, 3.8) is 0 Å². The van der Waals surface area contributed by atoms with Crippen molar-refractivity contribution in [2.45, 2.75) is 12.3 Å². The molecule has 2 rings (SSSR count). The average molecular weight is 269 g/mol. The lowest BCUT2D eigenvalue weighted by molar-refractivity contribution is -0.206. The quantitative estimate of drug-likeness (QED) is 0.927. The van der Waals surface area contributed by atoms with Gasteiger partial charge in [-0.2, -0.15) is 13.2 Å². The molecule has 0 aliphatic rings. The Hall–Kier alpha value is -2.08. The van der Waals surface area contributed by atoms with Gasteiger partial charge in [0.25, 0.3) is 0 Å². The van der Waals surface area contributed by atoms with Crippen LogP contribution >= 0.6 is 0 Å². The summed E-state index contributed by atoms with van der Waals surface area (Å²) in [7, 11) is 0. The number of rotatable bonds is 3. The van der Waals surface area contributed by atoms with Crippen molar-refractivity contribution < 1.29 is 23.0 Å². The fourth-order valence-electron chi connectivity index (χ4n) is 1.45. The normalized spacial score (nSPS) is 13.1. The van der Waals surface area contributed by atoms with Gasteiger partial charge in [-0.1, -0.05) is 18.2 Å². The third-order valence-electron chi connectivity index (χ3n) is 2.35. The van der Waals surface area contributed by atoms with Crippen molar-refractivity contribution in [2.75, 3.05) is 0 Å². The van der Waals surface area contributed by atoms with Crippen LogP contribution in [-0.2, 0) is 0 Å². The van der Waals surface area contributed by atoms with Crippen LogP contribution in [0.25, 0.3) is 0 Å². The molecule has 0 aliphatic carbocycles. The van der Waals surface area contributed by atoms with Crippen LogP contribution in [-0.4, -0.2) is 16.3 Å². The number of halogens is 3. The molecule has 100 valence electrons. The number of para-hydroxylation sites is 1. The summed E-state index contributed by atoms with van der Waals surface area (Å²) < 4.78 is 42.4. The number of hydrogen-bond acceptors (Lipinski definition) is 3. The van der Waals surface area contributed by atoms with Crippen LogP contribution in [0.2, 0.25) is 0 Å². The average Bonchev–Trinajstić information content (AvgIpc) is 2.38. The van der Waals surface area contributed by atoms with Gasteiger partial charge in [0.2, 0.25) is 5.88 Å². The maximum absolute atomic E-state index is 12.4. The second-order valence-electron chi connectivity index (χ2n) is 3.79. The summed E-state index contributed by atoms with van der Waals surface area (Å²) in [5, 5.41) is 9.14. The van der Waals surface area contributed by atoms with Gasteiger partial charge in [-0.3, -0.25) is 0 Å². The number of hydrogen-bond donors (Lipinski definition) is 1. The highest BCUT2D eigenvalue weighted by Gasteiger charge is 2.39. The fourth-order valence-corrected chi connectivity index (χ4v) is 1.45. The number of alkyl halides is 3. The number of ether oxygens (including phenoxy) is 1. The lowest BCUT2D eigenvalue weighted by Crippen LogP contribution is -2.20. The Balaban J connectivity index is 2.20. The summed E-state index contributed by atoms with van der Waals surface area (Å²) in [5.41, 5.74) is -0.312. The van der Waals surface area contributed by atoms with E-state index >= 15 is 0 Å². The minimum absolute atomic E-state index is 0.00741. The molecule has 0 bridgehead atoms. The van der Waals surface area contributed by atoms with Crippen LogP contribution in [0.4, 0.5) is 13.2 Å². The molecule has 6 heteroatoms. The summed E-state index contributed by atoms with van der Waals surface area (Å²) in [5.74, 6) is 0.445. The molecule has 1 aromatic heterocycles. The molecular formula is C13H10F3NO2. The molecule has 0 fully saturated rings. The van der Waals surface area contributed by atoms with Crippen LogP contribution in [0.3, 0.4) is 0 Å². The molecule has 3 nitrogen and oxygen atoms in total. The molecule has 1 heterocycles. The van der Waals surface area contributed by atoms with Crippen molar-refractivity contribution in [2.24, 2.45) is 0 Å². The lowest BCUT2D eigenvalue weighted by Gasteiger charge is -2.15. The second kappa shape index (κ2) is 5.27. The van der Waals surface area contributed by atoms with Crippen LogP contribution < -0.4 is 4.74 Å². The number of nitrogens with zero attached hydrogens (tertiary/aromatic N) is 1. The molecule has 1 aromatic carbocycles. The van der Waals surface area contributed by atoms with E-state index < -0.39 is 12.3 Å². The van der Waals surface area contributed by atoms with Crippen LogP contribution in [0.15, 0.2) is 48.7 Å². The summed E-state index contributed by atoms with van der Waals surface area (Å²) in [6.07, 6.45) is -6.11. The van der Waals surface area contributed by atoms with Gasteiger partial charge >= 0.3 is 6.18 Å². The zero-order chi connectivity index (χ0) is 13.9. The molecule has 2 aromatic rings. The first-order chi connectivity index (χ1) is 8.97. The Labute approximate surface area is 107 Å². The summed E-state index contributed by atoms with van der Waals surface area (Å²) in [6.45, 7) is 0. The number of benzene rings is 1. The third kappa shape index (κ3) is 3.45. The van der Waals surface area contributed by atoms with E-state index in [1.165, 1.54) is 0 Å². The van der Waals surface area contributed by atoms with Gasteiger partial charge in [0.05, 0.1) is 0 Å². The maximum Gasteiger partial charge on any atom is 0.418 e. The molecule has 1 atom stereocenters. The number of aromatic nitrogens is 1. The largest absolute Gasteiger partial charge is 0.439 e. The van der Waals surface area contributed by atoms with Crippen molar-refractivity contribution in [1.82, 2.24) is 4.98 Å². The van der Waals surface area contributed by atoms with Gasteiger partial charge in [0, 0.05) is 12.3 Å². The van der Waals surface area contributed by atoms with Crippen molar-refractivity contribution in [3.8, 4) is 11.6 Å². The van der Waals surface area contributed by atoms with Crippen LogP contribution in [0, 0.1) is 0 Å². The van der Waals surface area contributed by atoms with E-state index in [2.05, 4.69) is 4.98 Å². The Morgan fingerprint density at radius 1 is 1.11 bits per heavy atom. The van der Waals surface area contributed by atoms with E-state index in [0.29, 0.717) is 5.75 Å². The molecule has 0 saturated heterocycles. The van der Waals surface area contributed by atoms with Gasteiger partial charge in [-0.25, -0.2) is 4.98 Å². The molecule has 0 saturated carbocycles. The highest BCUT2D eigenvalue weighted by atomic mass is 19.4. The minimum Gasteiger partial charge on any atom is -0.439 e. The number of aliphatic hydroxyl groups excluding tert-OH is 1. The van der Waals surface area contributed by atoms with E-state index in [0.717, 1.165) is 18.3 Å². The first-order valence-electron chi connectivity index (χ1n) is 5.40. The second-order valence-corrected chi connectivity index (χ2v) is 3.79. The molecule has 0 amide bonds. The zero-order valence-corrected chi connectivity index (χ0v) is 9.63. The van der Waals surface area contributed by atoms with Gasteiger partial charge in [0.1, 0.15) is 5.75 Å². The van der Waals surface area contributed by atoms with Crippen molar-refractivity contribution in [3.05, 3.63) is 54.2 Å². The molecule has 0 spiro atoms. The predicted molar refractivity (Wildman–Crippen MR) is 61.8 cm³/mol. The van der Waals surface area contributed by atoms with E-state index in [9.17, 15) is 13.2 Å². The molecule has 19 heavy (non-hydrogen) atoms. The minimum atomic E-state index is -4.72. The Morgan fingerprint density at radius 2 is 1.79 bits per heavy atom. The number of pyridine rings is 1. The molecule has 0 radical (unpaired) electrons.